The van der Waals surface area contributed by atoms with E-state index in [9.17, 15) is 0 Å². The Balaban J connectivity index is 2.07. The van der Waals surface area contributed by atoms with E-state index < -0.39 is 4.33 Å². The molecule has 0 aromatic carbocycles. The van der Waals surface area contributed by atoms with Crippen molar-refractivity contribution >= 4 is 55.1 Å². The Kier molecular flexibility index (Phi) is 2.29. The summed E-state index contributed by atoms with van der Waals surface area (Å²) in [5, 5.41) is 0. The van der Waals surface area contributed by atoms with Crippen LogP contribution in [-0.4, -0.2) is 14.0 Å². The molecule has 4 atom stereocenters. The van der Waals surface area contributed by atoms with Crippen molar-refractivity contribution in [3.63, 3.8) is 0 Å². The maximum absolute atomic E-state index is 6.07. The Morgan fingerprint density at radius 1 is 1.00 bits per heavy atom. The van der Waals surface area contributed by atoms with Gasteiger partial charge in [0.2, 0.25) is 0 Å². The Bertz CT molecular complexity index is 165. The van der Waals surface area contributed by atoms with E-state index in [-0.39, 0.29) is 0 Å². The molecule has 0 radical (unpaired) electrons. The second-order valence-electron chi connectivity index (χ2n) is 3.39. The number of rotatable bonds is 0. The molecule has 2 rings (SSSR count). The molecule has 0 heterocycles. The van der Waals surface area contributed by atoms with Crippen LogP contribution in [0.25, 0.3) is 0 Å². The van der Waals surface area contributed by atoms with Gasteiger partial charge < -0.3 is 0 Å². The molecule has 0 N–H and O–H groups in total. The number of hydrogen-bond acceptors (Lipinski definition) is 0. The van der Waals surface area contributed by atoms with E-state index in [2.05, 4.69) is 31.9 Å². The molecule has 0 bridgehead atoms. The largest absolute Gasteiger partial charge is 0.124 e. The lowest BCUT2D eigenvalue weighted by Gasteiger charge is -2.20. The van der Waals surface area contributed by atoms with Crippen molar-refractivity contribution in [2.75, 3.05) is 0 Å². The molecule has 2 aliphatic rings. The predicted octanol–water partition coefficient (Wildman–Crippen LogP) is 3.73. The van der Waals surface area contributed by atoms with E-state index in [4.69, 9.17) is 23.2 Å². The third-order valence-electron chi connectivity index (χ3n) is 2.72. The minimum absolute atomic E-state index is 0.408. The van der Waals surface area contributed by atoms with E-state index in [0.29, 0.717) is 21.5 Å². The Labute approximate surface area is 93.3 Å². The van der Waals surface area contributed by atoms with Gasteiger partial charge in [0, 0.05) is 9.65 Å². The highest BCUT2D eigenvalue weighted by Gasteiger charge is 2.65. The van der Waals surface area contributed by atoms with Crippen molar-refractivity contribution < 1.29 is 0 Å². The van der Waals surface area contributed by atoms with E-state index in [1.54, 1.807) is 0 Å². The zero-order chi connectivity index (χ0) is 8.22. The molecule has 0 aliphatic heterocycles. The van der Waals surface area contributed by atoms with Gasteiger partial charge in [-0.1, -0.05) is 31.9 Å². The van der Waals surface area contributed by atoms with Gasteiger partial charge in [0.25, 0.3) is 0 Å². The normalized spacial score (nSPS) is 53.5. The zero-order valence-corrected chi connectivity index (χ0v) is 10.4. The third-order valence-corrected chi connectivity index (χ3v) is 6.57. The topological polar surface area (TPSA) is 0 Å². The van der Waals surface area contributed by atoms with Crippen LogP contribution < -0.4 is 0 Å². The van der Waals surface area contributed by atoms with Gasteiger partial charge in [0.15, 0.2) is 0 Å². The summed E-state index contributed by atoms with van der Waals surface area (Å²) in [4.78, 5) is 1.09. The Morgan fingerprint density at radius 3 is 1.73 bits per heavy atom. The van der Waals surface area contributed by atoms with Crippen LogP contribution in [-0.2, 0) is 0 Å². The minimum Gasteiger partial charge on any atom is -0.101 e. The fraction of sp³-hybridized carbons (Fsp3) is 1.00. The summed E-state index contributed by atoms with van der Waals surface area (Å²) < 4.78 is -0.408. The molecule has 0 saturated heterocycles. The fourth-order valence-electron chi connectivity index (χ4n) is 1.88. The van der Waals surface area contributed by atoms with E-state index in [0.717, 1.165) is 12.8 Å². The summed E-state index contributed by atoms with van der Waals surface area (Å²) in [6, 6.07) is 0. The molecule has 0 aromatic rings. The Morgan fingerprint density at radius 2 is 1.36 bits per heavy atom. The molecule has 2 aliphatic carbocycles. The number of alkyl halides is 4. The highest BCUT2D eigenvalue weighted by molar-refractivity contribution is 9.12. The quantitative estimate of drug-likeness (QED) is 0.596. The highest BCUT2D eigenvalue weighted by Crippen LogP contribution is 2.66. The number of fused-ring (bicyclic) bond motifs is 1. The van der Waals surface area contributed by atoms with E-state index in [1.807, 2.05) is 0 Å². The summed E-state index contributed by atoms with van der Waals surface area (Å²) in [6.07, 6.45) is 2.21. The number of hydrogen-bond donors (Lipinski definition) is 0. The molecule has 0 aromatic heterocycles. The molecule has 2 fully saturated rings. The second kappa shape index (κ2) is 2.76. The van der Waals surface area contributed by atoms with Crippen LogP contribution in [0, 0.1) is 11.8 Å². The molecular weight excluding hydrogens is 315 g/mol. The van der Waals surface area contributed by atoms with Gasteiger partial charge in [-0.25, -0.2) is 0 Å². The molecular formula is C7H8Br2Cl2. The van der Waals surface area contributed by atoms with Crippen LogP contribution in [0.5, 0.6) is 0 Å². The van der Waals surface area contributed by atoms with Gasteiger partial charge >= 0.3 is 0 Å². The third kappa shape index (κ3) is 1.38. The molecule has 4 unspecified atom stereocenters. The minimum atomic E-state index is -0.408. The van der Waals surface area contributed by atoms with E-state index in [1.165, 1.54) is 0 Å². The van der Waals surface area contributed by atoms with E-state index >= 15 is 0 Å². The number of halogens is 4. The van der Waals surface area contributed by atoms with Gasteiger partial charge in [-0.05, 0) is 24.7 Å². The lowest BCUT2D eigenvalue weighted by atomic mass is 10.0. The first-order valence-corrected chi connectivity index (χ1v) is 6.28. The lowest BCUT2D eigenvalue weighted by Crippen LogP contribution is -2.20. The second-order valence-corrected chi connectivity index (χ2v) is 7.19. The summed E-state index contributed by atoms with van der Waals surface area (Å²) in [5.41, 5.74) is 0. The van der Waals surface area contributed by atoms with Crippen molar-refractivity contribution in [1.82, 2.24) is 0 Å². The van der Waals surface area contributed by atoms with Crippen molar-refractivity contribution in [2.24, 2.45) is 11.8 Å². The average molecular weight is 323 g/mol. The van der Waals surface area contributed by atoms with Crippen LogP contribution >= 0.6 is 55.1 Å². The van der Waals surface area contributed by atoms with Gasteiger partial charge in [-0.3, -0.25) is 0 Å². The summed E-state index contributed by atoms with van der Waals surface area (Å²) in [5.74, 6) is 1.06. The van der Waals surface area contributed by atoms with Crippen LogP contribution in [0.1, 0.15) is 12.8 Å². The summed E-state index contributed by atoms with van der Waals surface area (Å²) >= 11 is 19.4. The monoisotopic (exact) mass is 320 g/mol. The maximum Gasteiger partial charge on any atom is 0.124 e. The molecule has 4 heteroatoms. The van der Waals surface area contributed by atoms with Gasteiger partial charge in [0.1, 0.15) is 4.33 Å². The summed E-state index contributed by atoms with van der Waals surface area (Å²) in [7, 11) is 0. The Hall–Kier alpha value is 1.54. The predicted molar refractivity (Wildman–Crippen MR) is 56.1 cm³/mol. The van der Waals surface area contributed by atoms with Crippen molar-refractivity contribution in [1.29, 1.82) is 0 Å². The smallest absolute Gasteiger partial charge is 0.101 e. The molecule has 0 nitrogen and oxygen atoms in total. The van der Waals surface area contributed by atoms with Gasteiger partial charge in [0.05, 0.1) is 0 Å². The van der Waals surface area contributed by atoms with Crippen LogP contribution in [0.2, 0.25) is 0 Å². The zero-order valence-electron chi connectivity index (χ0n) is 5.74. The fourth-order valence-corrected chi connectivity index (χ4v) is 3.96. The van der Waals surface area contributed by atoms with Crippen LogP contribution in [0.3, 0.4) is 0 Å². The molecule has 0 spiro atoms. The molecule has 11 heavy (non-hydrogen) atoms. The van der Waals surface area contributed by atoms with Crippen molar-refractivity contribution in [3.8, 4) is 0 Å². The molecule has 2 saturated carbocycles. The van der Waals surface area contributed by atoms with Gasteiger partial charge in [-0.2, -0.15) is 0 Å². The lowest BCUT2D eigenvalue weighted by molar-refractivity contribution is 0.512. The molecule has 64 valence electrons. The molecule has 0 amide bonds. The van der Waals surface area contributed by atoms with Crippen LogP contribution in [0.15, 0.2) is 0 Å². The first-order valence-electron chi connectivity index (χ1n) is 3.69. The van der Waals surface area contributed by atoms with Gasteiger partial charge in [-0.15, -0.1) is 23.2 Å². The summed E-state index contributed by atoms with van der Waals surface area (Å²) in [6.45, 7) is 0. The maximum atomic E-state index is 6.07. The highest BCUT2D eigenvalue weighted by atomic mass is 79.9. The SMILES string of the molecule is ClC1(Cl)C2CC(Br)C(Br)CC21. The first-order chi connectivity index (χ1) is 5.03. The first kappa shape index (κ1) is 9.11. The average Bonchev–Trinajstić information content (AvgIpc) is 2.39. The van der Waals surface area contributed by atoms with Crippen molar-refractivity contribution in [2.45, 2.75) is 26.8 Å². The van der Waals surface area contributed by atoms with Crippen LogP contribution in [0.4, 0.5) is 0 Å². The van der Waals surface area contributed by atoms with Crippen molar-refractivity contribution in [3.05, 3.63) is 0 Å². The standard InChI is InChI=1S/C7H8Br2Cl2/c8-5-1-3-4(2-6(5)9)7(3,10)11/h3-6H,1-2H2.